The van der Waals surface area contributed by atoms with Crippen molar-refractivity contribution in [3.8, 4) is 0 Å². The van der Waals surface area contributed by atoms with Crippen LogP contribution in [0, 0.1) is 0 Å². The molecule has 1 atom stereocenters. The predicted octanol–water partition coefficient (Wildman–Crippen LogP) is 1.70. The lowest BCUT2D eigenvalue weighted by atomic mass is 10.0. The number of hydrogen-bond donors (Lipinski definition) is 1. The van der Waals surface area contributed by atoms with Crippen molar-refractivity contribution in [3.63, 3.8) is 0 Å². The van der Waals surface area contributed by atoms with Gasteiger partial charge in [-0.15, -0.1) is 0 Å². The second-order valence-electron chi connectivity index (χ2n) is 3.51. The average molecular weight is 199 g/mol. The van der Waals surface area contributed by atoms with Crippen LogP contribution in [0.15, 0.2) is 0 Å². The minimum Gasteiger partial charge on any atom is -0.317 e. The van der Waals surface area contributed by atoms with Gasteiger partial charge in [0.05, 0.1) is 0 Å². The molecule has 0 aliphatic heterocycles. The summed E-state index contributed by atoms with van der Waals surface area (Å²) >= 11 is 0. The molecule has 1 N–H and O–H groups in total. The molecule has 0 saturated heterocycles. The Morgan fingerprint density at radius 1 is 1.14 bits per heavy atom. The number of ketones is 2. The van der Waals surface area contributed by atoms with Crippen molar-refractivity contribution < 1.29 is 9.59 Å². The van der Waals surface area contributed by atoms with Gasteiger partial charge in [0, 0.05) is 31.7 Å². The fourth-order valence-electron chi connectivity index (χ4n) is 1.28. The second-order valence-corrected chi connectivity index (χ2v) is 3.51. The van der Waals surface area contributed by atoms with Crippen LogP contribution < -0.4 is 5.32 Å². The Hall–Kier alpha value is -0.700. The standard InChI is InChI=1S/C11H21NO2/c1-4-10(13)7-6-9(12-3)8-11(14)5-2/h9,12H,4-8H2,1-3H3. The molecular weight excluding hydrogens is 178 g/mol. The van der Waals surface area contributed by atoms with E-state index in [9.17, 15) is 9.59 Å². The monoisotopic (exact) mass is 199 g/mol. The lowest BCUT2D eigenvalue weighted by Gasteiger charge is -2.13. The van der Waals surface area contributed by atoms with Gasteiger partial charge >= 0.3 is 0 Å². The van der Waals surface area contributed by atoms with Crippen molar-refractivity contribution in [2.45, 2.75) is 52.0 Å². The molecule has 0 fully saturated rings. The topological polar surface area (TPSA) is 46.2 Å². The van der Waals surface area contributed by atoms with E-state index < -0.39 is 0 Å². The van der Waals surface area contributed by atoms with Crippen LogP contribution in [0.1, 0.15) is 46.0 Å². The Balaban J connectivity index is 3.79. The van der Waals surface area contributed by atoms with Crippen molar-refractivity contribution in [2.75, 3.05) is 7.05 Å². The number of hydrogen-bond acceptors (Lipinski definition) is 3. The molecule has 0 radical (unpaired) electrons. The quantitative estimate of drug-likeness (QED) is 0.647. The zero-order valence-electron chi connectivity index (χ0n) is 9.43. The van der Waals surface area contributed by atoms with Gasteiger partial charge in [-0.1, -0.05) is 13.8 Å². The highest BCUT2D eigenvalue weighted by molar-refractivity contribution is 5.79. The van der Waals surface area contributed by atoms with Crippen molar-refractivity contribution >= 4 is 11.6 Å². The first-order valence-corrected chi connectivity index (χ1v) is 5.34. The third-order valence-electron chi connectivity index (χ3n) is 2.44. The van der Waals surface area contributed by atoms with E-state index in [0.29, 0.717) is 25.7 Å². The Labute approximate surface area is 86.3 Å². The highest BCUT2D eigenvalue weighted by Crippen LogP contribution is 2.05. The van der Waals surface area contributed by atoms with Crippen LogP contribution in [0.5, 0.6) is 0 Å². The van der Waals surface area contributed by atoms with Crippen molar-refractivity contribution in [3.05, 3.63) is 0 Å². The smallest absolute Gasteiger partial charge is 0.134 e. The molecule has 0 spiro atoms. The minimum atomic E-state index is 0.165. The number of nitrogens with one attached hydrogen (secondary N) is 1. The largest absolute Gasteiger partial charge is 0.317 e. The zero-order chi connectivity index (χ0) is 11.0. The molecule has 3 heteroatoms. The van der Waals surface area contributed by atoms with Gasteiger partial charge in [0.15, 0.2) is 0 Å². The van der Waals surface area contributed by atoms with Gasteiger partial charge in [0.1, 0.15) is 11.6 Å². The molecule has 0 aliphatic carbocycles. The highest BCUT2D eigenvalue weighted by Gasteiger charge is 2.11. The summed E-state index contributed by atoms with van der Waals surface area (Å²) in [5.41, 5.74) is 0. The number of carbonyl (C=O) groups excluding carboxylic acids is 2. The van der Waals surface area contributed by atoms with Crippen LogP contribution >= 0.6 is 0 Å². The van der Waals surface area contributed by atoms with E-state index in [1.165, 1.54) is 0 Å². The van der Waals surface area contributed by atoms with Crippen LogP contribution in [0.2, 0.25) is 0 Å². The van der Waals surface area contributed by atoms with Gasteiger partial charge in [0.25, 0.3) is 0 Å². The molecule has 3 nitrogen and oxygen atoms in total. The number of rotatable bonds is 8. The predicted molar refractivity (Wildman–Crippen MR) is 57.3 cm³/mol. The SMILES string of the molecule is CCC(=O)CCC(CC(=O)CC)NC. The maximum Gasteiger partial charge on any atom is 0.134 e. The first-order chi connectivity index (χ1) is 6.63. The lowest BCUT2D eigenvalue weighted by Crippen LogP contribution is -2.28. The normalized spacial score (nSPS) is 12.5. The first-order valence-electron chi connectivity index (χ1n) is 5.34. The number of carbonyl (C=O) groups is 2. The van der Waals surface area contributed by atoms with E-state index in [2.05, 4.69) is 5.32 Å². The van der Waals surface area contributed by atoms with Gasteiger partial charge in [-0.05, 0) is 13.5 Å². The first kappa shape index (κ1) is 13.3. The van der Waals surface area contributed by atoms with Gasteiger partial charge < -0.3 is 5.32 Å². The molecule has 0 amide bonds. The van der Waals surface area contributed by atoms with E-state index >= 15 is 0 Å². The van der Waals surface area contributed by atoms with Gasteiger partial charge in [0.2, 0.25) is 0 Å². The summed E-state index contributed by atoms with van der Waals surface area (Å²) in [5.74, 6) is 0.530. The molecule has 0 saturated carbocycles. The fourth-order valence-corrected chi connectivity index (χ4v) is 1.28. The molecule has 0 bridgehead atoms. The maximum atomic E-state index is 11.2. The molecule has 0 aromatic rings. The summed E-state index contributed by atoms with van der Waals surface area (Å²) in [6.07, 6.45) is 3.08. The summed E-state index contributed by atoms with van der Waals surface area (Å²) in [6, 6.07) is 0.165. The van der Waals surface area contributed by atoms with E-state index in [0.717, 1.165) is 6.42 Å². The van der Waals surface area contributed by atoms with Gasteiger partial charge in [-0.2, -0.15) is 0 Å². The molecule has 0 rings (SSSR count). The minimum absolute atomic E-state index is 0.165. The van der Waals surface area contributed by atoms with Crippen molar-refractivity contribution in [2.24, 2.45) is 0 Å². The Morgan fingerprint density at radius 3 is 2.14 bits per heavy atom. The fraction of sp³-hybridized carbons (Fsp3) is 0.818. The van der Waals surface area contributed by atoms with Crippen molar-refractivity contribution in [1.29, 1.82) is 0 Å². The van der Waals surface area contributed by atoms with E-state index in [-0.39, 0.29) is 17.6 Å². The summed E-state index contributed by atoms with van der Waals surface area (Å²) < 4.78 is 0. The number of Topliss-reactive ketones (excluding diaryl/α,β-unsaturated/α-hetero) is 2. The molecule has 82 valence electrons. The molecule has 0 aromatic heterocycles. The Kier molecular flexibility index (Phi) is 7.30. The summed E-state index contributed by atoms with van der Waals surface area (Å²) in [5, 5.41) is 3.07. The highest BCUT2D eigenvalue weighted by atomic mass is 16.1. The summed E-state index contributed by atoms with van der Waals surface area (Å²) in [7, 11) is 1.84. The molecule has 0 aliphatic rings. The van der Waals surface area contributed by atoms with Gasteiger partial charge in [-0.25, -0.2) is 0 Å². The molecular formula is C11H21NO2. The Morgan fingerprint density at radius 2 is 1.71 bits per heavy atom. The summed E-state index contributed by atoms with van der Waals surface area (Å²) in [6.45, 7) is 3.74. The second kappa shape index (κ2) is 7.68. The molecule has 1 unspecified atom stereocenters. The molecule has 14 heavy (non-hydrogen) atoms. The maximum absolute atomic E-state index is 11.2. The third-order valence-corrected chi connectivity index (χ3v) is 2.44. The van der Waals surface area contributed by atoms with E-state index in [4.69, 9.17) is 0 Å². The Bertz CT molecular complexity index is 190. The van der Waals surface area contributed by atoms with E-state index in [1.807, 2.05) is 20.9 Å². The average Bonchev–Trinajstić information content (AvgIpc) is 2.22. The third kappa shape index (κ3) is 5.86. The van der Waals surface area contributed by atoms with Crippen LogP contribution in [-0.2, 0) is 9.59 Å². The molecule has 0 heterocycles. The van der Waals surface area contributed by atoms with Crippen LogP contribution in [-0.4, -0.2) is 24.7 Å². The molecule has 0 aromatic carbocycles. The summed E-state index contributed by atoms with van der Waals surface area (Å²) in [4.78, 5) is 22.2. The van der Waals surface area contributed by atoms with Crippen LogP contribution in [0.3, 0.4) is 0 Å². The van der Waals surface area contributed by atoms with Crippen LogP contribution in [0.25, 0.3) is 0 Å². The van der Waals surface area contributed by atoms with E-state index in [1.54, 1.807) is 0 Å². The van der Waals surface area contributed by atoms with Gasteiger partial charge in [-0.3, -0.25) is 9.59 Å². The lowest BCUT2D eigenvalue weighted by molar-refractivity contribution is -0.121. The van der Waals surface area contributed by atoms with Crippen LogP contribution in [0.4, 0.5) is 0 Å². The van der Waals surface area contributed by atoms with Crippen molar-refractivity contribution in [1.82, 2.24) is 5.32 Å². The zero-order valence-corrected chi connectivity index (χ0v) is 9.43.